The summed E-state index contributed by atoms with van der Waals surface area (Å²) in [5, 5.41) is 11.2. The van der Waals surface area contributed by atoms with E-state index >= 15 is 0 Å². The molecule has 0 spiro atoms. The second-order valence-corrected chi connectivity index (χ2v) is 7.17. The van der Waals surface area contributed by atoms with Crippen LogP contribution in [0.2, 0.25) is 0 Å². The summed E-state index contributed by atoms with van der Waals surface area (Å²) in [6, 6.07) is 9.67. The van der Waals surface area contributed by atoms with Crippen LogP contribution in [-0.2, 0) is 11.2 Å². The highest BCUT2D eigenvalue weighted by Crippen LogP contribution is 2.38. The van der Waals surface area contributed by atoms with Crippen molar-refractivity contribution in [2.24, 2.45) is 5.41 Å². The van der Waals surface area contributed by atoms with Gasteiger partial charge in [0.05, 0.1) is 5.41 Å². The molecule has 1 aliphatic carbocycles. The molecule has 0 aliphatic heterocycles. The van der Waals surface area contributed by atoms with E-state index in [9.17, 15) is 4.79 Å². The van der Waals surface area contributed by atoms with Gasteiger partial charge in [0, 0.05) is 18.5 Å². The predicted molar refractivity (Wildman–Crippen MR) is 96.8 cm³/mol. The van der Waals surface area contributed by atoms with Crippen LogP contribution in [0.15, 0.2) is 45.9 Å². The Morgan fingerprint density at radius 1 is 1.20 bits per heavy atom. The molecule has 1 N–H and O–H groups in total. The van der Waals surface area contributed by atoms with E-state index in [-0.39, 0.29) is 11.3 Å². The van der Waals surface area contributed by atoms with Gasteiger partial charge in [-0.15, -0.1) is 10.2 Å². The van der Waals surface area contributed by atoms with Crippen LogP contribution in [0.4, 0.5) is 0 Å². The van der Waals surface area contributed by atoms with Gasteiger partial charge in [-0.25, -0.2) is 0 Å². The number of aromatic nitrogens is 2. The molecule has 0 saturated carbocycles. The van der Waals surface area contributed by atoms with E-state index in [4.69, 9.17) is 4.42 Å². The molecule has 1 heterocycles. The van der Waals surface area contributed by atoms with Gasteiger partial charge >= 0.3 is 0 Å². The van der Waals surface area contributed by atoms with Crippen LogP contribution in [0.5, 0.6) is 0 Å². The lowest BCUT2D eigenvalue weighted by molar-refractivity contribution is -0.130. The van der Waals surface area contributed by atoms with Crippen LogP contribution in [0.25, 0.3) is 11.5 Å². The van der Waals surface area contributed by atoms with Crippen LogP contribution >= 0.6 is 0 Å². The van der Waals surface area contributed by atoms with Gasteiger partial charge in [-0.05, 0) is 45.2 Å². The van der Waals surface area contributed by atoms with Gasteiger partial charge in [-0.2, -0.15) is 0 Å². The van der Waals surface area contributed by atoms with Crippen molar-refractivity contribution in [3.63, 3.8) is 0 Å². The van der Waals surface area contributed by atoms with Crippen molar-refractivity contribution < 1.29 is 9.21 Å². The molecule has 0 bridgehead atoms. The molecule has 1 aromatic carbocycles. The van der Waals surface area contributed by atoms with E-state index in [1.807, 2.05) is 30.3 Å². The highest BCUT2D eigenvalue weighted by Gasteiger charge is 2.35. The van der Waals surface area contributed by atoms with Crippen molar-refractivity contribution in [2.75, 3.05) is 6.54 Å². The van der Waals surface area contributed by atoms with Gasteiger partial charge in [-0.1, -0.05) is 36.3 Å². The molecule has 5 heteroatoms. The second kappa shape index (κ2) is 7.21. The minimum absolute atomic E-state index is 0.113. The van der Waals surface area contributed by atoms with Crippen molar-refractivity contribution in [1.29, 1.82) is 0 Å². The number of amides is 1. The first-order valence-corrected chi connectivity index (χ1v) is 8.79. The maximum absolute atomic E-state index is 12.6. The van der Waals surface area contributed by atoms with Crippen LogP contribution in [0.1, 0.15) is 45.9 Å². The molecule has 2 aromatic rings. The summed E-state index contributed by atoms with van der Waals surface area (Å²) in [4.78, 5) is 12.6. The first-order valence-electron chi connectivity index (χ1n) is 8.79. The molecular weight excluding hydrogens is 314 g/mol. The molecule has 132 valence electrons. The number of rotatable bonds is 5. The van der Waals surface area contributed by atoms with Crippen molar-refractivity contribution in [3.05, 3.63) is 47.4 Å². The third kappa shape index (κ3) is 3.98. The molecule has 5 nitrogen and oxygen atoms in total. The van der Waals surface area contributed by atoms with Gasteiger partial charge in [-0.3, -0.25) is 4.79 Å². The summed E-state index contributed by atoms with van der Waals surface area (Å²) in [6.07, 6.45) is 3.28. The molecule has 1 amide bonds. The first kappa shape index (κ1) is 17.4. The van der Waals surface area contributed by atoms with Gasteiger partial charge in [0.2, 0.25) is 17.7 Å². The Morgan fingerprint density at radius 2 is 1.96 bits per heavy atom. The van der Waals surface area contributed by atoms with Gasteiger partial charge in [0.1, 0.15) is 0 Å². The summed E-state index contributed by atoms with van der Waals surface area (Å²) >= 11 is 0. The molecule has 1 aromatic heterocycles. The highest BCUT2D eigenvalue weighted by atomic mass is 16.4. The minimum atomic E-state index is -0.312. The second-order valence-electron chi connectivity index (χ2n) is 7.17. The summed E-state index contributed by atoms with van der Waals surface area (Å²) in [5.41, 5.74) is 3.35. The SMILES string of the molecule is CC1=C(C)CC(C)(C(=O)NCCc2nnc(-c3ccccc3)o2)CC1. The van der Waals surface area contributed by atoms with Crippen molar-refractivity contribution in [2.45, 2.75) is 46.5 Å². The highest BCUT2D eigenvalue weighted by molar-refractivity contribution is 5.82. The zero-order chi connectivity index (χ0) is 17.9. The fourth-order valence-electron chi connectivity index (χ4n) is 3.24. The molecule has 1 unspecified atom stereocenters. The van der Waals surface area contributed by atoms with E-state index in [1.54, 1.807) is 0 Å². The van der Waals surface area contributed by atoms with Crippen LogP contribution in [-0.4, -0.2) is 22.6 Å². The molecule has 0 saturated heterocycles. The standard InChI is InChI=1S/C20H25N3O2/c1-14-9-11-20(3,13-15(14)2)19(24)21-12-10-17-22-23-18(25-17)16-7-5-4-6-8-16/h4-8H,9-13H2,1-3H3,(H,21,24). The van der Waals surface area contributed by atoms with Crippen molar-refractivity contribution in [3.8, 4) is 11.5 Å². The summed E-state index contributed by atoms with van der Waals surface area (Å²) < 4.78 is 5.67. The summed E-state index contributed by atoms with van der Waals surface area (Å²) in [6.45, 7) is 6.85. The van der Waals surface area contributed by atoms with Crippen molar-refractivity contribution >= 4 is 5.91 Å². The third-order valence-electron chi connectivity index (χ3n) is 5.10. The lowest BCUT2D eigenvalue weighted by Crippen LogP contribution is -2.41. The quantitative estimate of drug-likeness (QED) is 0.838. The number of nitrogens with one attached hydrogen (secondary N) is 1. The number of carbonyl (C=O) groups excluding carboxylic acids is 1. The zero-order valence-electron chi connectivity index (χ0n) is 15.1. The Morgan fingerprint density at radius 3 is 2.68 bits per heavy atom. The molecule has 25 heavy (non-hydrogen) atoms. The zero-order valence-corrected chi connectivity index (χ0v) is 15.1. The third-order valence-corrected chi connectivity index (χ3v) is 5.10. The summed E-state index contributed by atoms with van der Waals surface area (Å²) in [5.74, 6) is 1.17. The van der Waals surface area contributed by atoms with E-state index < -0.39 is 0 Å². The van der Waals surface area contributed by atoms with Gasteiger partial charge in [0.15, 0.2) is 0 Å². The Balaban J connectivity index is 1.53. The van der Waals surface area contributed by atoms with Crippen LogP contribution < -0.4 is 5.32 Å². The normalized spacial score (nSPS) is 20.6. The van der Waals surface area contributed by atoms with E-state index in [1.165, 1.54) is 11.1 Å². The van der Waals surface area contributed by atoms with Gasteiger partial charge < -0.3 is 9.73 Å². The molecule has 0 radical (unpaired) electrons. The molecule has 0 fully saturated rings. The van der Waals surface area contributed by atoms with E-state index in [0.29, 0.717) is 24.7 Å². The number of benzene rings is 1. The molecule has 1 atom stereocenters. The largest absolute Gasteiger partial charge is 0.421 e. The number of hydrogen-bond donors (Lipinski definition) is 1. The topological polar surface area (TPSA) is 68.0 Å². The van der Waals surface area contributed by atoms with Crippen LogP contribution in [0, 0.1) is 5.41 Å². The Bertz CT molecular complexity index is 779. The van der Waals surface area contributed by atoms with Gasteiger partial charge in [0.25, 0.3) is 0 Å². The molecule has 3 rings (SSSR count). The first-order chi connectivity index (χ1) is 12.0. The lowest BCUT2D eigenvalue weighted by atomic mass is 9.73. The van der Waals surface area contributed by atoms with E-state index in [2.05, 4.69) is 36.3 Å². The van der Waals surface area contributed by atoms with Crippen LogP contribution in [0.3, 0.4) is 0 Å². The lowest BCUT2D eigenvalue weighted by Gasteiger charge is -2.33. The Labute approximate surface area is 148 Å². The smallest absolute Gasteiger partial charge is 0.247 e. The monoisotopic (exact) mass is 339 g/mol. The average Bonchev–Trinajstić information content (AvgIpc) is 3.08. The molecular formula is C20H25N3O2. The fourth-order valence-corrected chi connectivity index (χ4v) is 3.24. The fraction of sp³-hybridized carbons (Fsp3) is 0.450. The van der Waals surface area contributed by atoms with Crippen molar-refractivity contribution in [1.82, 2.24) is 15.5 Å². The number of allylic oxidation sites excluding steroid dienone is 2. The maximum atomic E-state index is 12.6. The molecule has 1 aliphatic rings. The number of carbonyl (C=O) groups is 1. The maximum Gasteiger partial charge on any atom is 0.247 e. The minimum Gasteiger partial charge on any atom is -0.421 e. The van der Waals surface area contributed by atoms with E-state index in [0.717, 1.165) is 24.8 Å². The Kier molecular flexibility index (Phi) is 5.02. The number of hydrogen-bond acceptors (Lipinski definition) is 4. The summed E-state index contributed by atoms with van der Waals surface area (Å²) in [7, 11) is 0. The number of nitrogens with zero attached hydrogens (tertiary/aromatic N) is 2. The average molecular weight is 339 g/mol. The Hall–Kier alpha value is -2.43. The predicted octanol–water partition coefficient (Wildman–Crippen LogP) is 3.92.